The van der Waals surface area contributed by atoms with Gasteiger partial charge in [0, 0.05) is 13.1 Å². The van der Waals surface area contributed by atoms with Gasteiger partial charge in [0.15, 0.2) is 5.11 Å². The summed E-state index contributed by atoms with van der Waals surface area (Å²) in [6.07, 6.45) is -0.150. The maximum Gasteiger partial charge on any atom is 0.308 e. The van der Waals surface area contributed by atoms with Gasteiger partial charge in [-0.15, -0.1) is 0 Å². The predicted octanol–water partition coefficient (Wildman–Crippen LogP) is 1.10. The third-order valence-electron chi connectivity index (χ3n) is 4.10. The van der Waals surface area contributed by atoms with Gasteiger partial charge in [-0.2, -0.15) is 0 Å². The molecular formula is C19H25N3O5S. The fraction of sp³-hybridized carbons (Fsp3) is 0.474. The van der Waals surface area contributed by atoms with E-state index in [9.17, 15) is 14.4 Å². The van der Waals surface area contributed by atoms with E-state index < -0.39 is 17.9 Å². The monoisotopic (exact) mass is 407 g/mol. The van der Waals surface area contributed by atoms with Crippen molar-refractivity contribution < 1.29 is 23.9 Å². The van der Waals surface area contributed by atoms with Crippen molar-refractivity contribution in [2.45, 2.75) is 26.3 Å². The number of carbonyl (C=O) groups excluding carboxylic acids is 3. The van der Waals surface area contributed by atoms with E-state index in [1.807, 2.05) is 13.8 Å². The van der Waals surface area contributed by atoms with Crippen LogP contribution in [-0.2, 0) is 14.3 Å². The largest absolute Gasteiger partial charge is 0.496 e. The first kappa shape index (κ1) is 21.6. The first-order valence-electron chi connectivity index (χ1n) is 9.01. The summed E-state index contributed by atoms with van der Waals surface area (Å²) < 4.78 is 10.4. The summed E-state index contributed by atoms with van der Waals surface area (Å²) in [7, 11) is 1.47. The van der Waals surface area contributed by atoms with Crippen LogP contribution in [0.3, 0.4) is 0 Å². The Hall–Kier alpha value is -2.68. The molecule has 0 saturated carbocycles. The highest BCUT2D eigenvalue weighted by Gasteiger charge is 2.34. The molecule has 1 aliphatic rings. The Bertz CT molecular complexity index is 753. The number of methoxy groups -OCH3 is 1. The van der Waals surface area contributed by atoms with E-state index >= 15 is 0 Å². The van der Waals surface area contributed by atoms with Gasteiger partial charge in [-0.3, -0.25) is 19.7 Å². The number of nitrogens with zero attached hydrogens (tertiary/aromatic N) is 1. The number of amides is 2. The third kappa shape index (κ3) is 5.66. The molecule has 1 unspecified atom stereocenters. The van der Waals surface area contributed by atoms with Crippen LogP contribution < -0.4 is 15.4 Å². The van der Waals surface area contributed by atoms with Crippen molar-refractivity contribution in [2.24, 2.45) is 5.92 Å². The van der Waals surface area contributed by atoms with Crippen LogP contribution in [0.4, 0.5) is 0 Å². The van der Waals surface area contributed by atoms with E-state index in [1.54, 1.807) is 24.3 Å². The summed E-state index contributed by atoms with van der Waals surface area (Å²) in [6, 6.07) is 5.91. The lowest BCUT2D eigenvalue weighted by Crippen LogP contribution is -2.60. The summed E-state index contributed by atoms with van der Waals surface area (Å²) in [5.41, 5.74) is 0.321. The lowest BCUT2D eigenvalue weighted by Gasteiger charge is -2.36. The molecular weight excluding hydrogens is 382 g/mol. The lowest BCUT2D eigenvalue weighted by atomic mass is 10.1. The normalized spacial score (nSPS) is 16.4. The Labute approximate surface area is 169 Å². The molecule has 1 aromatic rings. The molecule has 1 heterocycles. The van der Waals surface area contributed by atoms with Gasteiger partial charge in [0.1, 0.15) is 11.8 Å². The van der Waals surface area contributed by atoms with Crippen LogP contribution in [0.1, 0.15) is 30.6 Å². The molecule has 2 amide bonds. The zero-order chi connectivity index (χ0) is 20.7. The van der Waals surface area contributed by atoms with Gasteiger partial charge in [-0.05, 0) is 30.3 Å². The number of hydrogen-bond donors (Lipinski definition) is 2. The maximum absolute atomic E-state index is 12.6. The molecule has 1 atom stereocenters. The molecule has 28 heavy (non-hydrogen) atoms. The van der Waals surface area contributed by atoms with E-state index in [0.717, 1.165) is 0 Å². The SMILES string of the molecule is COc1ccccc1C(=O)NC(=S)N1CCNC(=O)C1CC(=O)OCC(C)C. The zero-order valence-corrected chi connectivity index (χ0v) is 17.0. The number of rotatable bonds is 6. The summed E-state index contributed by atoms with van der Waals surface area (Å²) >= 11 is 5.34. The Kier molecular flexibility index (Phi) is 7.74. The van der Waals surface area contributed by atoms with Crippen LogP contribution in [0.2, 0.25) is 0 Å². The van der Waals surface area contributed by atoms with Crippen LogP contribution in [0, 0.1) is 5.92 Å². The molecule has 152 valence electrons. The minimum absolute atomic E-state index is 0.0763. The smallest absolute Gasteiger partial charge is 0.308 e. The number of benzene rings is 1. The van der Waals surface area contributed by atoms with E-state index in [2.05, 4.69) is 10.6 Å². The molecule has 2 rings (SSSR count). The molecule has 8 nitrogen and oxygen atoms in total. The number of esters is 1. The topological polar surface area (TPSA) is 97.0 Å². The molecule has 0 radical (unpaired) electrons. The van der Waals surface area contributed by atoms with Crippen molar-refractivity contribution in [3.8, 4) is 5.75 Å². The Morgan fingerprint density at radius 2 is 2.07 bits per heavy atom. The van der Waals surface area contributed by atoms with Crippen molar-refractivity contribution in [2.75, 3.05) is 26.8 Å². The van der Waals surface area contributed by atoms with Gasteiger partial charge < -0.3 is 19.7 Å². The minimum atomic E-state index is -0.834. The highest BCUT2D eigenvalue weighted by atomic mass is 32.1. The number of para-hydroxylation sites is 1. The summed E-state index contributed by atoms with van der Waals surface area (Å²) in [6.45, 7) is 4.87. The minimum Gasteiger partial charge on any atom is -0.496 e. The highest BCUT2D eigenvalue weighted by Crippen LogP contribution is 2.17. The Balaban J connectivity index is 2.07. The van der Waals surface area contributed by atoms with E-state index in [0.29, 0.717) is 24.4 Å². The first-order chi connectivity index (χ1) is 13.3. The van der Waals surface area contributed by atoms with Crippen LogP contribution in [0.15, 0.2) is 24.3 Å². The van der Waals surface area contributed by atoms with Gasteiger partial charge in [0.2, 0.25) is 5.91 Å². The molecule has 1 aromatic carbocycles. The molecule has 1 saturated heterocycles. The zero-order valence-electron chi connectivity index (χ0n) is 16.2. The standard InChI is InChI=1S/C19H25N3O5S/c1-12(2)11-27-16(23)10-14-18(25)20-8-9-22(14)19(28)21-17(24)13-6-4-5-7-15(13)26-3/h4-7,12,14H,8-11H2,1-3H3,(H,20,25)(H,21,24,28). The molecule has 0 aromatic heterocycles. The van der Waals surface area contributed by atoms with Gasteiger partial charge in [0.05, 0.1) is 25.7 Å². The Morgan fingerprint density at radius 1 is 1.36 bits per heavy atom. The lowest BCUT2D eigenvalue weighted by molar-refractivity contribution is -0.148. The number of piperazine rings is 1. The molecule has 0 bridgehead atoms. The quantitative estimate of drug-likeness (QED) is 0.538. The highest BCUT2D eigenvalue weighted by molar-refractivity contribution is 7.80. The number of carbonyl (C=O) groups is 3. The fourth-order valence-electron chi connectivity index (χ4n) is 2.71. The molecule has 9 heteroatoms. The van der Waals surface area contributed by atoms with E-state index in [-0.39, 0.29) is 30.0 Å². The van der Waals surface area contributed by atoms with Crippen molar-refractivity contribution in [1.29, 1.82) is 0 Å². The van der Waals surface area contributed by atoms with E-state index in [1.165, 1.54) is 12.0 Å². The Morgan fingerprint density at radius 3 is 2.75 bits per heavy atom. The second-order valence-electron chi connectivity index (χ2n) is 6.74. The molecule has 0 spiro atoms. The van der Waals surface area contributed by atoms with Crippen molar-refractivity contribution in [3.05, 3.63) is 29.8 Å². The first-order valence-corrected chi connectivity index (χ1v) is 9.42. The number of thiocarbonyl (C=S) groups is 1. The van der Waals surface area contributed by atoms with Crippen LogP contribution in [-0.4, -0.2) is 60.6 Å². The van der Waals surface area contributed by atoms with Crippen LogP contribution in [0.5, 0.6) is 5.75 Å². The van der Waals surface area contributed by atoms with Crippen molar-refractivity contribution in [1.82, 2.24) is 15.5 Å². The van der Waals surface area contributed by atoms with Crippen LogP contribution >= 0.6 is 12.2 Å². The van der Waals surface area contributed by atoms with Crippen molar-refractivity contribution in [3.63, 3.8) is 0 Å². The summed E-state index contributed by atoms with van der Waals surface area (Å²) in [5.74, 6) is -0.662. The number of ether oxygens (including phenoxy) is 2. The average molecular weight is 407 g/mol. The summed E-state index contributed by atoms with van der Waals surface area (Å²) in [5, 5.41) is 5.41. The van der Waals surface area contributed by atoms with Crippen molar-refractivity contribution >= 4 is 35.1 Å². The van der Waals surface area contributed by atoms with Gasteiger partial charge >= 0.3 is 5.97 Å². The second kappa shape index (κ2) is 10.0. The average Bonchev–Trinajstić information content (AvgIpc) is 2.67. The molecule has 1 aliphatic heterocycles. The second-order valence-corrected chi connectivity index (χ2v) is 7.13. The fourth-order valence-corrected chi connectivity index (χ4v) is 3.02. The van der Waals surface area contributed by atoms with Crippen LogP contribution in [0.25, 0.3) is 0 Å². The van der Waals surface area contributed by atoms with E-state index in [4.69, 9.17) is 21.7 Å². The predicted molar refractivity (Wildman–Crippen MR) is 107 cm³/mol. The molecule has 2 N–H and O–H groups in total. The van der Waals surface area contributed by atoms with Gasteiger partial charge in [-0.25, -0.2) is 0 Å². The maximum atomic E-state index is 12.6. The van der Waals surface area contributed by atoms with Gasteiger partial charge in [0.25, 0.3) is 5.91 Å². The van der Waals surface area contributed by atoms with Gasteiger partial charge in [-0.1, -0.05) is 26.0 Å². The molecule has 1 fully saturated rings. The summed E-state index contributed by atoms with van der Waals surface area (Å²) in [4.78, 5) is 38.5. The third-order valence-corrected chi connectivity index (χ3v) is 4.44. The number of nitrogens with one attached hydrogen (secondary N) is 2. The number of hydrogen-bond acceptors (Lipinski definition) is 6. The molecule has 0 aliphatic carbocycles.